The molecule has 2 saturated carbocycles. The number of carbonyl (C=O) groups is 7. The monoisotopic (exact) mass is 1200 g/mol. The van der Waals surface area contributed by atoms with Crippen molar-refractivity contribution >= 4 is 85.0 Å². The maximum absolute atomic E-state index is 14.4. The number of carbonyl (C=O) groups excluding carboxylic acids is 7. The van der Waals surface area contributed by atoms with Crippen LogP contribution in [0.5, 0.6) is 0 Å². The fraction of sp³-hybridized carbons (Fsp3) is 0.359. The molecule has 1 saturated heterocycles. The summed E-state index contributed by atoms with van der Waals surface area (Å²) in [6.45, 7) is 2.79. The Balaban J connectivity index is 0.823. The molecule has 2 aliphatic carbocycles. The summed E-state index contributed by atoms with van der Waals surface area (Å²) >= 11 is 0. The molecule has 9 N–H and O–H groups in total. The van der Waals surface area contributed by atoms with Crippen molar-refractivity contribution in [3.05, 3.63) is 160 Å². The topological polar surface area (TPSA) is 304 Å². The number of nitrogens with two attached hydrogens (primary N) is 1. The van der Waals surface area contributed by atoms with Crippen molar-refractivity contribution in [2.75, 3.05) is 57.1 Å². The maximum atomic E-state index is 14.4. The molecule has 0 aromatic heterocycles. The zero-order chi connectivity index (χ0) is 61.4. The zero-order valence-corrected chi connectivity index (χ0v) is 49.6. The van der Waals surface area contributed by atoms with Gasteiger partial charge in [0, 0.05) is 126 Å². The maximum Gasteiger partial charge on any atom is 0.338 e. The molecule has 0 unspecified atom stereocenters. The summed E-state index contributed by atoms with van der Waals surface area (Å²) in [5.74, 6) is -4.19. The summed E-state index contributed by atoms with van der Waals surface area (Å²) in [5, 5.41) is 28.3. The first-order valence-electron chi connectivity index (χ1n) is 29.5. The van der Waals surface area contributed by atoms with Crippen LogP contribution in [-0.2, 0) is 14.8 Å². The Hall–Kier alpha value is -9.06. The summed E-state index contributed by atoms with van der Waals surface area (Å²) in [4.78, 5) is 103. The number of hydrogen-bond donors (Lipinski definition) is 8. The van der Waals surface area contributed by atoms with Crippen LogP contribution in [0, 0.1) is 0 Å². The van der Waals surface area contributed by atoms with Gasteiger partial charge in [0.1, 0.15) is 0 Å². The van der Waals surface area contributed by atoms with Crippen molar-refractivity contribution in [3.63, 3.8) is 0 Å². The van der Waals surface area contributed by atoms with Gasteiger partial charge in [-0.3, -0.25) is 28.8 Å². The minimum absolute atomic E-state index is 0.00674. The van der Waals surface area contributed by atoms with E-state index in [0.29, 0.717) is 60.8 Å². The number of nitrogens with zero attached hydrogens (tertiary/aromatic N) is 4. The molecule has 6 aromatic rings. The Bertz CT molecular complexity index is 3660. The predicted molar refractivity (Wildman–Crippen MR) is 330 cm³/mol. The van der Waals surface area contributed by atoms with Gasteiger partial charge in [-0.1, -0.05) is 49.9 Å². The second-order valence-corrected chi connectivity index (χ2v) is 24.4. The average molecular weight is 1200 g/mol. The highest BCUT2D eigenvalue weighted by Crippen LogP contribution is 2.31. The third kappa shape index (κ3) is 14.6. The van der Waals surface area contributed by atoms with Gasteiger partial charge in [-0.25, -0.2) is 17.9 Å². The molecule has 22 nitrogen and oxygen atoms in total. The van der Waals surface area contributed by atoms with Gasteiger partial charge in [-0.15, -0.1) is 0 Å². The molecule has 0 spiro atoms. The molecule has 6 aromatic carbocycles. The number of sulfonamides is 1. The van der Waals surface area contributed by atoms with E-state index in [-0.39, 0.29) is 76.8 Å². The van der Waals surface area contributed by atoms with E-state index in [1.807, 2.05) is 62.3 Å². The SMILES string of the molecule is CCNc1ccc(N=Nc2ccc(C(=O)N3C[C@H](NC(=O)c4cc5cc(c4)C(=O)N[C@H]4CCCC[C@@H]4NC(=O)c4cc(cc(C(=O)OCCCNS(=O)(=O)c6cccc7c(N(C)C)cccc67)c4)C(=O)N[C@H]4CCCC[C@@H]4NC5=O)[C@@H](N)C3)cc2)cc1. The molecular formula is C64H72N12O10S. The third-order valence-electron chi connectivity index (χ3n) is 16.3. The highest BCUT2D eigenvalue weighted by molar-refractivity contribution is 7.89. The predicted octanol–water partition coefficient (Wildman–Crippen LogP) is 7.12. The fourth-order valence-corrected chi connectivity index (χ4v) is 13.0. The van der Waals surface area contributed by atoms with Gasteiger partial charge in [0.05, 0.1) is 34.5 Å². The summed E-state index contributed by atoms with van der Waals surface area (Å²) in [6.07, 6.45) is 4.86. The number of hydrogen-bond acceptors (Lipinski definition) is 15. The Morgan fingerprint density at radius 3 is 1.64 bits per heavy atom. The van der Waals surface area contributed by atoms with Crippen molar-refractivity contribution in [1.29, 1.82) is 0 Å². The number of amides is 6. The Morgan fingerprint density at radius 1 is 0.632 bits per heavy atom. The molecule has 2 aliphatic heterocycles. The van der Waals surface area contributed by atoms with Gasteiger partial charge >= 0.3 is 5.97 Å². The van der Waals surface area contributed by atoms with E-state index < -0.39 is 81.8 Å². The van der Waals surface area contributed by atoms with Crippen LogP contribution in [0.3, 0.4) is 0 Å². The molecule has 0 radical (unpaired) electrons. The first-order chi connectivity index (χ1) is 41.9. The van der Waals surface area contributed by atoms with E-state index in [1.165, 1.54) is 42.5 Å². The lowest BCUT2D eigenvalue weighted by molar-refractivity contribution is 0.0501. The minimum atomic E-state index is -3.97. The summed E-state index contributed by atoms with van der Waals surface area (Å²) in [5.41, 5.74) is 9.89. The molecular weight excluding hydrogens is 1130 g/mol. The molecule has 3 fully saturated rings. The first kappa shape index (κ1) is 61.0. The van der Waals surface area contributed by atoms with Gasteiger partial charge in [-0.2, -0.15) is 10.2 Å². The third-order valence-corrected chi connectivity index (χ3v) is 17.8. The van der Waals surface area contributed by atoms with E-state index in [4.69, 9.17) is 10.5 Å². The quantitative estimate of drug-likeness (QED) is 0.0289. The Morgan fingerprint density at radius 2 is 1.13 bits per heavy atom. The van der Waals surface area contributed by atoms with Crippen molar-refractivity contribution in [1.82, 2.24) is 36.2 Å². The molecule has 6 amide bonds. The largest absolute Gasteiger partial charge is 0.462 e. The zero-order valence-electron chi connectivity index (χ0n) is 48.8. The summed E-state index contributed by atoms with van der Waals surface area (Å²) < 4.78 is 35.3. The lowest BCUT2D eigenvalue weighted by Crippen LogP contribution is -2.54. The summed E-state index contributed by atoms with van der Waals surface area (Å²) in [7, 11) is -0.215. The second kappa shape index (κ2) is 27.1. The molecule has 4 aliphatic rings. The number of likely N-dealkylation sites (tertiary alicyclic amines) is 1. The first-order valence-corrected chi connectivity index (χ1v) is 31.0. The smallest absolute Gasteiger partial charge is 0.338 e. The number of ether oxygens (including phenoxy) is 1. The van der Waals surface area contributed by atoms with Gasteiger partial charge in [-0.05, 0) is 136 Å². The molecule has 87 heavy (non-hydrogen) atoms. The molecule has 454 valence electrons. The van der Waals surface area contributed by atoms with Crippen LogP contribution in [0.1, 0.15) is 137 Å². The van der Waals surface area contributed by atoms with E-state index in [0.717, 1.165) is 36.1 Å². The lowest BCUT2D eigenvalue weighted by Gasteiger charge is -2.33. The standard InChI is InChI=1S/C64H72N12O10S/c1-4-66-45-24-26-47(27-25-45)74-73-46-22-20-38(21-23-46)63(82)76-36-50(65)55(37-76)72-62(81)41-31-39-30-40(32-41)59(78)69-52-15-6-8-17-54(52)71-61(80)43-33-42(60(79)70-53-16-7-5-14-51(53)68-58(39)77)34-44(35-43)64(83)86-29-11-28-67-87(84,85)57-19-10-12-48-49(57)13-9-18-56(48)75(2)3/h9-10,12-13,18-27,30-35,50-55,66-67H,4-8,11,14-17,28-29,36-37,65H2,1-3H3,(H,68,77)(H,69,78)(H,70,79)(H,71,80)(H,72,81)/t50-,51-,52-,53-,54-,55-/m0/s1. The highest BCUT2D eigenvalue weighted by Gasteiger charge is 2.36. The van der Waals surface area contributed by atoms with Gasteiger partial charge < -0.3 is 52.2 Å². The van der Waals surface area contributed by atoms with Gasteiger partial charge in [0.25, 0.3) is 35.4 Å². The number of esters is 1. The number of benzene rings is 6. The number of fused-ring (bicyclic) bond motifs is 7. The fourth-order valence-electron chi connectivity index (χ4n) is 11.7. The van der Waals surface area contributed by atoms with Crippen LogP contribution in [0.4, 0.5) is 22.7 Å². The van der Waals surface area contributed by atoms with Crippen molar-refractivity contribution in [3.8, 4) is 0 Å². The minimum Gasteiger partial charge on any atom is -0.462 e. The van der Waals surface area contributed by atoms with Crippen LogP contribution < -0.4 is 47.3 Å². The lowest BCUT2D eigenvalue weighted by atomic mass is 9.89. The number of nitrogens with one attached hydrogen (secondary N) is 7. The van der Waals surface area contributed by atoms with E-state index in [1.54, 1.807) is 47.4 Å². The second-order valence-electron chi connectivity index (χ2n) is 22.7. The van der Waals surface area contributed by atoms with Crippen LogP contribution in [0.2, 0.25) is 0 Å². The normalized spacial score (nSPS) is 20.8. The molecule has 4 bridgehead atoms. The summed E-state index contributed by atoms with van der Waals surface area (Å²) in [6, 6.07) is 29.2. The average Bonchev–Trinajstić information content (AvgIpc) is 2.96. The Labute approximate surface area is 504 Å². The van der Waals surface area contributed by atoms with E-state index in [2.05, 4.69) is 46.9 Å². The molecule has 6 atom stereocenters. The van der Waals surface area contributed by atoms with E-state index in [9.17, 15) is 42.0 Å². The molecule has 10 rings (SSSR count). The number of anilines is 2. The number of rotatable bonds is 15. The Kier molecular flexibility index (Phi) is 19.0. The van der Waals surface area contributed by atoms with Gasteiger partial charge in [0.2, 0.25) is 10.0 Å². The van der Waals surface area contributed by atoms with Crippen LogP contribution >= 0.6 is 0 Å². The number of azo groups is 1. The van der Waals surface area contributed by atoms with Crippen LogP contribution in [0.15, 0.2) is 136 Å². The highest BCUT2D eigenvalue weighted by atomic mass is 32.2. The van der Waals surface area contributed by atoms with Crippen molar-refractivity contribution < 1.29 is 46.7 Å². The molecule has 2 heterocycles. The van der Waals surface area contributed by atoms with Crippen molar-refractivity contribution in [2.45, 2.75) is 106 Å². The van der Waals surface area contributed by atoms with Crippen molar-refractivity contribution in [2.24, 2.45) is 16.0 Å². The van der Waals surface area contributed by atoms with Gasteiger partial charge in [0.15, 0.2) is 0 Å². The van der Waals surface area contributed by atoms with Crippen LogP contribution in [0.25, 0.3) is 10.8 Å². The van der Waals surface area contributed by atoms with Crippen LogP contribution in [-0.4, -0.2) is 138 Å². The van der Waals surface area contributed by atoms with E-state index >= 15 is 0 Å². The molecule has 23 heteroatoms.